The second-order valence-corrected chi connectivity index (χ2v) is 7.99. The summed E-state index contributed by atoms with van der Waals surface area (Å²) < 4.78 is 11.3. The van der Waals surface area contributed by atoms with E-state index < -0.39 is 0 Å². The summed E-state index contributed by atoms with van der Waals surface area (Å²) in [7, 11) is 2.94. The summed E-state index contributed by atoms with van der Waals surface area (Å²) in [5.41, 5.74) is 2.19. The number of amides is 1. The Morgan fingerprint density at radius 1 is 1.10 bits per heavy atom. The third-order valence-corrected chi connectivity index (χ3v) is 6.36. The molecule has 3 aromatic rings. The van der Waals surface area contributed by atoms with Crippen molar-refractivity contribution >= 4 is 44.2 Å². The number of benzene rings is 1. The second kappa shape index (κ2) is 8.00. The standard InChI is InChI=1S/C19H20ClN5O3S/c1-11-12(20)4-5-14-16(11)23-19(29-14)25-8-6-24(7-9-25)17(26)13-10-15(27-2)22-18(21-13)28-3/h4-5,10H,6-9H2,1-3H3. The van der Waals surface area contributed by atoms with Crippen molar-refractivity contribution in [1.29, 1.82) is 0 Å². The van der Waals surface area contributed by atoms with Crippen LogP contribution in [0.15, 0.2) is 18.2 Å². The van der Waals surface area contributed by atoms with E-state index in [1.807, 2.05) is 19.1 Å². The van der Waals surface area contributed by atoms with E-state index in [-0.39, 0.29) is 17.6 Å². The van der Waals surface area contributed by atoms with E-state index in [4.69, 9.17) is 26.1 Å². The Morgan fingerprint density at radius 3 is 2.55 bits per heavy atom. The second-order valence-electron chi connectivity index (χ2n) is 6.58. The van der Waals surface area contributed by atoms with Crippen LogP contribution in [0.3, 0.4) is 0 Å². The molecular weight excluding hydrogens is 414 g/mol. The molecule has 1 saturated heterocycles. The Bertz CT molecular complexity index is 1040. The number of piperazine rings is 1. The van der Waals surface area contributed by atoms with Gasteiger partial charge in [-0.05, 0) is 24.6 Å². The quantitative estimate of drug-likeness (QED) is 0.625. The minimum Gasteiger partial charge on any atom is -0.481 e. The lowest BCUT2D eigenvalue weighted by Gasteiger charge is -2.34. The van der Waals surface area contributed by atoms with Gasteiger partial charge in [-0.25, -0.2) is 4.98 Å². The largest absolute Gasteiger partial charge is 0.481 e. The number of ether oxygens (including phenoxy) is 2. The van der Waals surface area contributed by atoms with Gasteiger partial charge in [0, 0.05) is 37.3 Å². The third kappa shape index (κ3) is 3.79. The maximum absolute atomic E-state index is 12.9. The summed E-state index contributed by atoms with van der Waals surface area (Å²) in [5, 5.41) is 1.67. The number of rotatable bonds is 4. The van der Waals surface area contributed by atoms with Crippen LogP contribution in [0.1, 0.15) is 16.1 Å². The van der Waals surface area contributed by atoms with Crippen LogP contribution in [-0.2, 0) is 0 Å². The average molecular weight is 434 g/mol. The number of aromatic nitrogens is 3. The molecule has 3 heterocycles. The van der Waals surface area contributed by atoms with E-state index in [0.29, 0.717) is 32.1 Å². The van der Waals surface area contributed by atoms with Crippen molar-refractivity contribution in [3.05, 3.63) is 34.5 Å². The molecule has 2 aromatic heterocycles. The summed E-state index contributed by atoms with van der Waals surface area (Å²) >= 11 is 7.86. The lowest BCUT2D eigenvalue weighted by molar-refractivity contribution is 0.0739. The molecule has 4 rings (SSSR count). The van der Waals surface area contributed by atoms with Crippen LogP contribution in [0.5, 0.6) is 11.9 Å². The molecule has 1 aliphatic heterocycles. The summed E-state index contributed by atoms with van der Waals surface area (Å²) in [4.78, 5) is 29.8. The van der Waals surface area contributed by atoms with E-state index >= 15 is 0 Å². The van der Waals surface area contributed by atoms with Gasteiger partial charge in [-0.15, -0.1) is 0 Å². The summed E-state index contributed by atoms with van der Waals surface area (Å²) in [6, 6.07) is 5.54. The zero-order valence-corrected chi connectivity index (χ0v) is 17.9. The molecule has 1 aromatic carbocycles. The molecule has 0 atom stereocenters. The van der Waals surface area contributed by atoms with Gasteiger partial charge in [-0.3, -0.25) is 4.79 Å². The van der Waals surface area contributed by atoms with Crippen LogP contribution in [0.2, 0.25) is 5.02 Å². The Labute approximate surface area is 177 Å². The van der Waals surface area contributed by atoms with E-state index in [1.54, 1.807) is 16.2 Å². The zero-order chi connectivity index (χ0) is 20.5. The smallest absolute Gasteiger partial charge is 0.320 e. The molecule has 8 nitrogen and oxygen atoms in total. The normalized spacial score (nSPS) is 14.3. The first-order valence-corrected chi connectivity index (χ1v) is 10.3. The molecule has 152 valence electrons. The molecule has 1 aliphatic rings. The van der Waals surface area contributed by atoms with Crippen LogP contribution >= 0.6 is 22.9 Å². The topological polar surface area (TPSA) is 80.7 Å². The van der Waals surface area contributed by atoms with Crippen molar-refractivity contribution in [3.63, 3.8) is 0 Å². The van der Waals surface area contributed by atoms with Crippen molar-refractivity contribution < 1.29 is 14.3 Å². The maximum atomic E-state index is 12.9. The third-order valence-electron chi connectivity index (χ3n) is 4.87. The van der Waals surface area contributed by atoms with Crippen molar-refractivity contribution in [1.82, 2.24) is 19.9 Å². The number of methoxy groups -OCH3 is 2. The Kier molecular flexibility index (Phi) is 5.42. The summed E-state index contributed by atoms with van der Waals surface area (Å²) in [5.74, 6) is 0.123. The molecular formula is C19H20ClN5O3S. The number of fused-ring (bicyclic) bond motifs is 1. The monoisotopic (exact) mass is 433 g/mol. The molecule has 0 unspecified atom stereocenters. The van der Waals surface area contributed by atoms with E-state index in [2.05, 4.69) is 14.9 Å². The number of hydrogen-bond acceptors (Lipinski definition) is 8. The Hall–Kier alpha value is -2.65. The molecule has 1 amide bonds. The highest BCUT2D eigenvalue weighted by molar-refractivity contribution is 7.22. The minimum atomic E-state index is -0.171. The fraction of sp³-hybridized carbons (Fsp3) is 0.368. The fourth-order valence-corrected chi connectivity index (χ4v) is 4.43. The minimum absolute atomic E-state index is 0.106. The molecule has 0 spiro atoms. The molecule has 0 bridgehead atoms. The first kappa shape index (κ1) is 19.7. The molecule has 0 aliphatic carbocycles. The van der Waals surface area contributed by atoms with Crippen LogP contribution < -0.4 is 14.4 Å². The van der Waals surface area contributed by atoms with Gasteiger partial charge in [0.05, 0.1) is 24.4 Å². The molecule has 29 heavy (non-hydrogen) atoms. The van der Waals surface area contributed by atoms with Crippen molar-refractivity contribution in [2.24, 2.45) is 0 Å². The predicted octanol–water partition coefficient (Wildman–Crippen LogP) is 3.03. The van der Waals surface area contributed by atoms with Crippen LogP contribution in [-0.4, -0.2) is 66.2 Å². The van der Waals surface area contributed by atoms with Crippen LogP contribution in [0.4, 0.5) is 5.13 Å². The van der Waals surface area contributed by atoms with Crippen molar-refractivity contribution in [3.8, 4) is 11.9 Å². The number of halogens is 1. The van der Waals surface area contributed by atoms with Gasteiger partial charge in [0.1, 0.15) is 5.69 Å². The van der Waals surface area contributed by atoms with Crippen molar-refractivity contribution in [2.75, 3.05) is 45.3 Å². The number of nitrogens with zero attached hydrogens (tertiary/aromatic N) is 5. The Balaban J connectivity index is 1.48. The van der Waals surface area contributed by atoms with Crippen LogP contribution in [0.25, 0.3) is 10.2 Å². The van der Waals surface area contributed by atoms with E-state index in [9.17, 15) is 4.79 Å². The lowest BCUT2D eigenvalue weighted by atomic mass is 10.2. The van der Waals surface area contributed by atoms with Gasteiger partial charge in [0.15, 0.2) is 5.13 Å². The number of hydrogen-bond donors (Lipinski definition) is 0. The number of carbonyl (C=O) groups is 1. The first-order valence-electron chi connectivity index (χ1n) is 9.07. The zero-order valence-electron chi connectivity index (χ0n) is 16.3. The van der Waals surface area contributed by atoms with Gasteiger partial charge in [0.25, 0.3) is 5.91 Å². The van der Waals surface area contributed by atoms with E-state index in [0.717, 1.165) is 25.9 Å². The molecule has 0 radical (unpaired) electrons. The highest BCUT2D eigenvalue weighted by Crippen LogP contribution is 2.33. The average Bonchev–Trinajstić information content (AvgIpc) is 3.20. The number of anilines is 1. The lowest BCUT2D eigenvalue weighted by Crippen LogP contribution is -2.49. The van der Waals surface area contributed by atoms with Crippen LogP contribution in [0, 0.1) is 6.92 Å². The number of aryl methyl sites for hydroxylation is 1. The van der Waals surface area contributed by atoms with Gasteiger partial charge < -0.3 is 19.3 Å². The highest BCUT2D eigenvalue weighted by Gasteiger charge is 2.26. The highest BCUT2D eigenvalue weighted by atomic mass is 35.5. The SMILES string of the molecule is COc1cc(C(=O)N2CCN(c3nc4c(C)c(Cl)ccc4s3)CC2)nc(OC)n1. The van der Waals surface area contributed by atoms with E-state index in [1.165, 1.54) is 20.3 Å². The molecule has 0 N–H and O–H groups in total. The molecule has 10 heteroatoms. The molecule has 0 saturated carbocycles. The Morgan fingerprint density at radius 2 is 1.86 bits per heavy atom. The summed E-state index contributed by atoms with van der Waals surface area (Å²) in [6.07, 6.45) is 0. The summed E-state index contributed by atoms with van der Waals surface area (Å²) in [6.45, 7) is 4.51. The first-order chi connectivity index (χ1) is 14.0. The maximum Gasteiger partial charge on any atom is 0.320 e. The fourth-order valence-electron chi connectivity index (χ4n) is 3.20. The van der Waals surface area contributed by atoms with Gasteiger partial charge in [-0.1, -0.05) is 22.9 Å². The number of thiazole rings is 1. The van der Waals surface area contributed by atoms with Crippen molar-refractivity contribution in [2.45, 2.75) is 6.92 Å². The number of carbonyl (C=O) groups excluding carboxylic acids is 1. The van der Waals surface area contributed by atoms with Gasteiger partial charge >= 0.3 is 6.01 Å². The molecule has 1 fully saturated rings. The van der Waals surface area contributed by atoms with Gasteiger partial charge in [-0.2, -0.15) is 9.97 Å². The predicted molar refractivity (Wildman–Crippen MR) is 113 cm³/mol. The van der Waals surface area contributed by atoms with Gasteiger partial charge in [0.2, 0.25) is 5.88 Å².